The van der Waals surface area contributed by atoms with Crippen LogP contribution in [0.15, 0.2) is 5.16 Å². The van der Waals surface area contributed by atoms with Crippen LogP contribution in [0.4, 0.5) is 0 Å². The molecule has 2 atom stereocenters. The van der Waals surface area contributed by atoms with Gasteiger partial charge in [-0.3, -0.25) is 0 Å². The van der Waals surface area contributed by atoms with Gasteiger partial charge in [-0.1, -0.05) is 53.6 Å². The Morgan fingerprint density at radius 1 is 1.13 bits per heavy atom. The molecule has 0 heterocycles. The lowest BCUT2D eigenvalue weighted by atomic mass is 9.72. The highest BCUT2D eigenvalue weighted by atomic mass is 28.1. The molecule has 0 aliphatic carbocycles. The smallest absolute Gasteiger partial charge is 0.0628 e. The minimum Gasteiger partial charge on any atom is -0.411 e. The molecule has 0 aliphatic heterocycles. The molecule has 0 aromatic carbocycles. The molecule has 0 aliphatic rings. The first-order valence-electron chi connectivity index (χ1n) is 5.78. The van der Waals surface area contributed by atoms with Gasteiger partial charge in [0.25, 0.3) is 0 Å². The summed E-state index contributed by atoms with van der Waals surface area (Å²) in [5, 5.41) is 12.9. The molecule has 2 nitrogen and oxygen atoms in total. The fourth-order valence-corrected chi connectivity index (χ4v) is 2.04. The molecule has 0 radical (unpaired) electrons. The highest BCUT2D eigenvalue weighted by molar-refractivity contribution is 6.30. The van der Waals surface area contributed by atoms with Gasteiger partial charge < -0.3 is 5.21 Å². The van der Waals surface area contributed by atoms with Crippen molar-refractivity contribution in [1.82, 2.24) is 0 Å². The third-order valence-electron chi connectivity index (χ3n) is 4.05. The van der Waals surface area contributed by atoms with Crippen LogP contribution in [-0.4, -0.2) is 21.2 Å². The third kappa shape index (κ3) is 3.07. The maximum absolute atomic E-state index is 9.25. The third-order valence-corrected chi connectivity index (χ3v) is 6.07. The van der Waals surface area contributed by atoms with E-state index in [1.807, 2.05) is 0 Å². The van der Waals surface area contributed by atoms with E-state index in [9.17, 15) is 5.21 Å². The van der Waals surface area contributed by atoms with Crippen LogP contribution >= 0.6 is 0 Å². The van der Waals surface area contributed by atoms with E-state index < -0.39 is 0 Å². The van der Waals surface area contributed by atoms with Crippen molar-refractivity contribution >= 4 is 16.0 Å². The van der Waals surface area contributed by atoms with Gasteiger partial charge in [0, 0.05) is 16.2 Å². The van der Waals surface area contributed by atoms with Crippen LogP contribution in [0, 0.1) is 17.3 Å². The maximum atomic E-state index is 9.25. The SMILES string of the molecule is CC(C)C(C)C(=NO)C(C)([SiH3])C(C)(C)C. The summed E-state index contributed by atoms with van der Waals surface area (Å²) in [6.07, 6.45) is 0. The summed E-state index contributed by atoms with van der Waals surface area (Å²) in [6, 6.07) is 0. The van der Waals surface area contributed by atoms with E-state index in [4.69, 9.17) is 0 Å². The lowest BCUT2D eigenvalue weighted by molar-refractivity contribution is 0.284. The number of oxime groups is 1. The van der Waals surface area contributed by atoms with Crippen LogP contribution in [-0.2, 0) is 0 Å². The molecular weight excluding hydrogens is 202 g/mol. The van der Waals surface area contributed by atoms with Crippen LogP contribution in [0.2, 0.25) is 5.04 Å². The van der Waals surface area contributed by atoms with Crippen molar-refractivity contribution in [1.29, 1.82) is 0 Å². The lowest BCUT2D eigenvalue weighted by Crippen LogP contribution is -2.39. The first-order chi connectivity index (χ1) is 6.55. The molecule has 90 valence electrons. The quantitative estimate of drug-likeness (QED) is 0.343. The zero-order valence-corrected chi connectivity index (χ0v) is 13.5. The zero-order valence-electron chi connectivity index (χ0n) is 11.5. The standard InChI is InChI=1S/C12H27NOSi/c1-8(2)9(3)10(13-14)12(7,15)11(4,5)6/h8-9,14H,1-7,15H3. The van der Waals surface area contributed by atoms with E-state index in [0.29, 0.717) is 11.8 Å². The Morgan fingerprint density at radius 3 is 1.73 bits per heavy atom. The molecule has 0 amide bonds. The number of nitrogens with zero attached hydrogens (tertiary/aromatic N) is 1. The molecular formula is C12H27NOSi. The van der Waals surface area contributed by atoms with Gasteiger partial charge in [0.1, 0.15) is 0 Å². The minimum absolute atomic E-state index is 0.0471. The molecule has 0 fully saturated rings. The maximum Gasteiger partial charge on any atom is 0.0628 e. The fourth-order valence-electron chi connectivity index (χ4n) is 1.49. The Labute approximate surface area is 97.6 Å². The Bertz CT molecular complexity index is 238. The topological polar surface area (TPSA) is 32.6 Å². The summed E-state index contributed by atoms with van der Waals surface area (Å²) < 4.78 is 0. The van der Waals surface area contributed by atoms with Crippen LogP contribution in [0.1, 0.15) is 48.5 Å². The first kappa shape index (κ1) is 14.7. The fraction of sp³-hybridized carbons (Fsp3) is 0.917. The average Bonchev–Trinajstić information content (AvgIpc) is 2.02. The first-order valence-corrected chi connectivity index (χ1v) is 6.78. The van der Waals surface area contributed by atoms with Gasteiger partial charge in [0.2, 0.25) is 0 Å². The predicted molar refractivity (Wildman–Crippen MR) is 71.0 cm³/mol. The molecule has 1 N–H and O–H groups in total. The molecule has 0 rings (SSSR count). The molecule has 2 unspecified atom stereocenters. The van der Waals surface area contributed by atoms with Crippen LogP contribution in [0.25, 0.3) is 0 Å². The van der Waals surface area contributed by atoms with Crippen molar-refractivity contribution in [2.24, 2.45) is 22.4 Å². The molecule has 0 spiro atoms. The summed E-state index contributed by atoms with van der Waals surface area (Å²) in [7, 11) is 1.00. The van der Waals surface area contributed by atoms with E-state index in [2.05, 4.69) is 53.6 Å². The Morgan fingerprint density at radius 2 is 1.53 bits per heavy atom. The van der Waals surface area contributed by atoms with Crippen molar-refractivity contribution in [3.63, 3.8) is 0 Å². The van der Waals surface area contributed by atoms with E-state index >= 15 is 0 Å². The molecule has 0 saturated carbocycles. The Hall–Kier alpha value is -0.313. The van der Waals surface area contributed by atoms with E-state index in [1.165, 1.54) is 0 Å². The predicted octanol–water partition coefficient (Wildman–Crippen LogP) is 2.70. The van der Waals surface area contributed by atoms with Gasteiger partial charge >= 0.3 is 0 Å². The summed E-state index contributed by atoms with van der Waals surface area (Å²) >= 11 is 0. The van der Waals surface area contributed by atoms with Crippen molar-refractivity contribution in [3.8, 4) is 0 Å². The monoisotopic (exact) mass is 229 g/mol. The minimum atomic E-state index is 0.0471. The normalized spacial score (nSPS) is 20.4. The van der Waals surface area contributed by atoms with Crippen molar-refractivity contribution in [2.75, 3.05) is 0 Å². The number of rotatable bonds is 3. The van der Waals surface area contributed by atoms with E-state index in [0.717, 1.165) is 16.0 Å². The molecule has 0 aromatic rings. The average molecular weight is 229 g/mol. The Kier molecular flexibility index (Phi) is 4.59. The van der Waals surface area contributed by atoms with E-state index in [-0.39, 0.29) is 10.5 Å². The number of hydrogen-bond donors (Lipinski definition) is 1. The molecule has 0 aromatic heterocycles. The van der Waals surface area contributed by atoms with E-state index in [1.54, 1.807) is 0 Å². The van der Waals surface area contributed by atoms with Crippen molar-refractivity contribution in [2.45, 2.75) is 53.5 Å². The highest BCUT2D eigenvalue weighted by Gasteiger charge is 2.40. The van der Waals surface area contributed by atoms with Gasteiger partial charge in [0.15, 0.2) is 0 Å². The highest BCUT2D eigenvalue weighted by Crippen LogP contribution is 2.46. The van der Waals surface area contributed by atoms with Crippen LogP contribution in [0.5, 0.6) is 0 Å². The van der Waals surface area contributed by atoms with Crippen LogP contribution in [0.3, 0.4) is 0 Å². The molecule has 0 saturated heterocycles. The van der Waals surface area contributed by atoms with Gasteiger partial charge in [0.05, 0.1) is 5.71 Å². The second-order valence-electron chi connectivity index (χ2n) is 6.39. The van der Waals surface area contributed by atoms with Gasteiger partial charge in [-0.15, -0.1) is 0 Å². The summed E-state index contributed by atoms with van der Waals surface area (Å²) in [5.41, 5.74) is 1.13. The number of hydrogen-bond acceptors (Lipinski definition) is 2. The van der Waals surface area contributed by atoms with Gasteiger partial charge in [-0.25, -0.2) is 0 Å². The molecule has 0 bridgehead atoms. The zero-order chi connectivity index (χ0) is 12.4. The van der Waals surface area contributed by atoms with Crippen LogP contribution < -0.4 is 0 Å². The van der Waals surface area contributed by atoms with Gasteiger partial charge in [-0.05, 0) is 16.4 Å². The second-order valence-corrected chi connectivity index (χ2v) is 8.39. The summed E-state index contributed by atoms with van der Waals surface area (Å²) in [6.45, 7) is 15.4. The van der Waals surface area contributed by atoms with Gasteiger partial charge in [-0.2, -0.15) is 0 Å². The summed E-state index contributed by atoms with van der Waals surface area (Å²) in [4.78, 5) is 0. The lowest BCUT2D eigenvalue weighted by Gasteiger charge is -2.42. The Balaban J connectivity index is 5.17. The molecule has 3 heteroatoms. The molecule has 15 heavy (non-hydrogen) atoms. The second kappa shape index (κ2) is 4.68. The van der Waals surface area contributed by atoms with Crippen molar-refractivity contribution in [3.05, 3.63) is 0 Å². The summed E-state index contributed by atoms with van der Waals surface area (Å²) in [5.74, 6) is 0.864. The van der Waals surface area contributed by atoms with Crippen molar-refractivity contribution < 1.29 is 5.21 Å². The largest absolute Gasteiger partial charge is 0.411 e.